The van der Waals surface area contributed by atoms with Gasteiger partial charge in [0.15, 0.2) is 0 Å². The summed E-state index contributed by atoms with van der Waals surface area (Å²) < 4.78 is 5.42. The predicted molar refractivity (Wildman–Crippen MR) is 106 cm³/mol. The molecule has 2 aromatic rings. The van der Waals surface area contributed by atoms with Crippen LogP contribution >= 0.6 is 11.6 Å². The van der Waals surface area contributed by atoms with E-state index in [1.165, 1.54) is 5.69 Å². The lowest BCUT2D eigenvalue weighted by atomic mass is 10.1. The standard InChI is InChI=1S/C21H25ClN2O2/c1-2-26-20-9-3-16(4-10-20)13-21(25)23-14-17-11-12-24(15-17)19-7-5-18(22)6-8-19/h3-10,17H,2,11-15H2,1H3,(H,23,25). The zero-order valence-electron chi connectivity index (χ0n) is 15.1. The zero-order chi connectivity index (χ0) is 18.4. The van der Waals surface area contributed by atoms with Crippen molar-refractivity contribution in [2.24, 2.45) is 5.92 Å². The molecular weight excluding hydrogens is 348 g/mol. The fourth-order valence-electron chi connectivity index (χ4n) is 3.26. The minimum absolute atomic E-state index is 0.0686. The Balaban J connectivity index is 1.42. The van der Waals surface area contributed by atoms with Gasteiger partial charge in [0.05, 0.1) is 13.0 Å². The summed E-state index contributed by atoms with van der Waals surface area (Å²) in [5.41, 5.74) is 2.19. The second kappa shape index (κ2) is 8.95. The number of ether oxygens (including phenoxy) is 1. The van der Waals surface area contributed by atoms with Crippen LogP contribution in [0.2, 0.25) is 5.02 Å². The Labute approximate surface area is 160 Å². The molecule has 0 bridgehead atoms. The topological polar surface area (TPSA) is 41.6 Å². The number of amides is 1. The van der Waals surface area contributed by atoms with E-state index in [-0.39, 0.29) is 5.91 Å². The van der Waals surface area contributed by atoms with E-state index in [0.717, 1.165) is 42.4 Å². The first-order valence-corrected chi connectivity index (χ1v) is 9.51. The highest BCUT2D eigenvalue weighted by molar-refractivity contribution is 6.30. The normalized spacial score (nSPS) is 16.5. The van der Waals surface area contributed by atoms with Gasteiger partial charge in [0, 0.05) is 30.3 Å². The third kappa shape index (κ3) is 5.15. The molecule has 5 heteroatoms. The van der Waals surface area contributed by atoms with Crippen molar-refractivity contribution in [2.45, 2.75) is 19.8 Å². The van der Waals surface area contributed by atoms with Crippen LogP contribution in [0.15, 0.2) is 48.5 Å². The average Bonchev–Trinajstić information content (AvgIpc) is 3.11. The molecule has 0 spiro atoms. The summed E-state index contributed by atoms with van der Waals surface area (Å²) in [7, 11) is 0. The molecule has 1 fully saturated rings. The molecule has 0 aliphatic carbocycles. The average molecular weight is 373 g/mol. The van der Waals surface area contributed by atoms with Crippen LogP contribution in [0, 0.1) is 5.92 Å². The maximum Gasteiger partial charge on any atom is 0.224 e. The zero-order valence-corrected chi connectivity index (χ0v) is 15.8. The van der Waals surface area contributed by atoms with Gasteiger partial charge in [0.25, 0.3) is 0 Å². The van der Waals surface area contributed by atoms with E-state index in [0.29, 0.717) is 18.9 Å². The van der Waals surface area contributed by atoms with E-state index in [1.54, 1.807) is 0 Å². The molecule has 1 heterocycles. The number of hydrogen-bond donors (Lipinski definition) is 1. The van der Waals surface area contributed by atoms with Crippen LogP contribution in [0.3, 0.4) is 0 Å². The lowest BCUT2D eigenvalue weighted by Gasteiger charge is -2.19. The van der Waals surface area contributed by atoms with E-state index in [2.05, 4.69) is 22.3 Å². The Hall–Kier alpha value is -2.20. The highest BCUT2D eigenvalue weighted by atomic mass is 35.5. The SMILES string of the molecule is CCOc1ccc(CC(=O)NCC2CCN(c3ccc(Cl)cc3)C2)cc1. The van der Waals surface area contributed by atoms with Crippen molar-refractivity contribution in [2.75, 3.05) is 31.1 Å². The molecule has 0 radical (unpaired) electrons. The van der Waals surface area contributed by atoms with Crippen molar-refractivity contribution in [3.8, 4) is 5.75 Å². The van der Waals surface area contributed by atoms with Gasteiger partial charge in [0.2, 0.25) is 5.91 Å². The molecule has 138 valence electrons. The van der Waals surface area contributed by atoms with E-state index >= 15 is 0 Å². The Kier molecular flexibility index (Phi) is 6.40. The summed E-state index contributed by atoms with van der Waals surface area (Å²) in [6, 6.07) is 15.7. The van der Waals surface area contributed by atoms with Crippen LogP contribution in [-0.4, -0.2) is 32.1 Å². The number of nitrogens with one attached hydrogen (secondary N) is 1. The summed E-state index contributed by atoms with van der Waals surface area (Å²) in [6.45, 7) is 5.30. The molecular formula is C21H25ClN2O2. The summed E-state index contributed by atoms with van der Waals surface area (Å²) in [6.07, 6.45) is 1.49. The van der Waals surface area contributed by atoms with Crippen LogP contribution in [0.5, 0.6) is 5.75 Å². The Morgan fingerprint density at radius 2 is 1.92 bits per heavy atom. The number of carbonyl (C=O) groups excluding carboxylic acids is 1. The summed E-state index contributed by atoms with van der Waals surface area (Å²) in [5, 5.41) is 3.83. The fraction of sp³-hybridized carbons (Fsp3) is 0.381. The van der Waals surface area contributed by atoms with Crippen LogP contribution in [0.25, 0.3) is 0 Å². The molecule has 1 amide bonds. The number of hydrogen-bond acceptors (Lipinski definition) is 3. The van der Waals surface area contributed by atoms with Crippen molar-refractivity contribution >= 4 is 23.2 Å². The first-order valence-electron chi connectivity index (χ1n) is 9.13. The van der Waals surface area contributed by atoms with E-state index in [1.807, 2.05) is 43.3 Å². The molecule has 1 saturated heterocycles. The van der Waals surface area contributed by atoms with Gasteiger partial charge in [-0.15, -0.1) is 0 Å². The van der Waals surface area contributed by atoms with Crippen molar-refractivity contribution in [1.82, 2.24) is 5.32 Å². The lowest BCUT2D eigenvalue weighted by Crippen LogP contribution is -2.32. The van der Waals surface area contributed by atoms with E-state index in [4.69, 9.17) is 16.3 Å². The summed E-state index contributed by atoms with van der Waals surface area (Å²) in [5.74, 6) is 1.39. The van der Waals surface area contributed by atoms with Gasteiger partial charge >= 0.3 is 0 Å². The van der Waals surface area contributed by atoms with Gasteiger partial charge in [-0.1, -0.05) is 23.7 Å². The van der Waals surface area contributed by atoms with E-state index in [9.17, 15) is 4.79 Å². The van der Waals surface area contributed by atoms with Gasteiger partial charge in [-0.3, -0.25) is 4.79 Å². The molecule has 4 nitrogen and oxygen atoms in total. The van der Waals surface area contributed by atoms with Crippen molar-refractivity contribution in [1.29, 1.82) is 0 Å². The molecule has 1 N–H and O–H groups in total. The predicted octanol–water partition coefficient (Wildman–Crippen LogP) is 3.92. The Bertz CT molecular complexity index is 716. The van der Waals surface area contributed by atoms with E-state index < -0.39 is 0 Å². The van der Waals surface area contributed by atoms with Gasteiger partial charge < -0.3 is 15.0 Å². The maximum atomic E-state index is 12.2. The first-order chi connectivity index (χ1) is 12.6. The number of anilines is 1. The fourth-order valence-corrected chi connectivity index (χ4v) is 3.39. The van der Waals surface area contributed by atoms with Gasteiger partial charge in [-0.25, -0.2) is 0 Å². The van der Waals surface area contributed by atoms with Gasteiger partial charge in [-0.05, 0) is 61.2 Å². The highest BCUT2D eigenvalue weighted by Gasteiger charge is 2.23. The van der Waals surface area contributed by atoms with Crippen LogP contribution < -0.4 is 15.0 Å². The molecule has 1 aliphatic heterocycles. The molecule has 26 heavy (non-hydrogen) atoms. The summed E-state index contributed by atoms with van der Waals surface area (Å²) in [4.78, 5) is 14.5. The molecule has 0 aromatic heterocycles. The molecule has 1 atom stereocenters. The second-order valence-corrected chi connectivity index (χ2v) is 7.07. The highest BCUT2D eigenvalue weighted by Crippen LogP contribution is 2.24. The lowest BCUT2D eigenvalue weighted by molar-refractivity contribution is -0.120. The molecule has 1 unspecified atom stereocenters. The maximum absolute atomic E-state index is 12.2. The molecule has 1 aliphatic rings. The number of nitrogens with zero attached hydrogens (tertiary/aromatic N) is 1. The minimum atomic E-state index is 0.0686. The minimum Gasteiger partial charge on any atom is -0.494 e. The quantitative estimate of drug-likeness (QED) is 0.800. The first kappa shape index (κ1) is 18.6. The number of carbonyl (C=O) groups is 1. The Morgan fingerprint density at radius 1 is 1.19 bits per heavy atom. The number of rotatable bonds is 7. The smallest absolute Gasteiger partial charge is 0.224 e. The van der Waals surface area contributed by atoms with Crippen LogP contribution in [0.4, 0.5) is 5.69 Å². The third-order valence-electron chi connectivity index (χ3n) is 4.66. The summed E-state index contributed by atoms with van der Waals surface area (Å²) >= 11 is 5.95. The van der Waals surface area contributed by atoms with Crippen LogP contribution in [0.1, 0.15) is 18.9 Å². The molecule has 0 saturated carbocycles. The monoisotopic (exact) mass is 372 g/mol. The number of halogens is 1. The van der Waals surface area contributed by atoms with Crippen molar-refractivity contribution in [3.05, 3.63) is 59.1 Å². The number of benzene rings is 2. The molecule has 3 rings (SSSR count). The Morgan fingerprint density at radius 3 is 2.62 bits per heavy atom. The largest absolute Gasteiger partial charge is 0.494 e. The van der Waals surface area contributed by atoms with Gasteiger partial charge in [-0.2, -0.15) is 0 Å². The van der Waals surface area contributed by atoms with Gasteiger partial charge in [0.1, 0.15) is 5.75 Å². The van der Waals surface area contributed by atoms with Crippen molar-refractivity contribution in [3.63, 3.8) is 0 Å². The van der Waals surface area contributed by atoms with Crippen LogP contribution in [-0.2, 0) is 11.2 Å². The third-order valence-corrected chi connectivity index (χ3v) is 4.92. The second-order valence-electron chi connectivity index (χ2n) is 6.63. The molecule has 2 aromatic carbocycles. The van der Waals surface area contributed by atoms with Crippen molar-refractivity contribution < 1.29 is 9.53 Å².